The summed E-state index contributed by atoms with van der Waals surface area (Å²) in [6.07, 6.45) is 6.09. The summed E-state index contributed by atoms with van der Waals surface area (Å²) in [6, 6.07) is 0.957. The third-order valence-corrected chi connectivity index (χ3v) is 3.46. The average molecular weight is 277 g/mol. The van der Waals surface area contributed by atoms with Gasteiger partial charge in [-0.15, -0.1) is 0 Å². The second kappa shape index (κ2) is 6.36. The standard InChI is InChI=1S/C14H19N3O3/c1-10(13(18)17-7-3-2-4-8-17)16-12-9-15-6-5-11(12)14(19)20/h5-6,9-10,16H,2-4,7-8H2,1H3,(H,19,20). The lowest BCUT2D eigenvalue weighted by atomic mass is 10.1. The van der Waals surface area contributed by atoms with Crippen LogP contribution in [0, 0.1) is 0 Å². The van der Waals surface area contributed by atoms with Crippen molar-refractivity contribution >= 4 is 17.6 Å². The van der Waals surface area contributed by atoms with Crippen molar-refractivity contribution in [2.75, 3.05) is 18.4 Å². The number of rotatable bonds is 4. The SMILES string of the molecule is CC(Nc1cnccc1C(=O)O)C(=O)N1CCCCC1. The lowest BCUT2D eigenvalue weighted by molar-refractivity contribution is -0.132. The highest BCUT2D eigenvalue weighted by Crippen LogP contribution is 2.16. The van der Waals surface area contributed by atoms with Gasteiger partial charge in [0.05, 0.1) is 17.4 Å². The van der Waals surface area contributed by atoms with E-state index in [-0.39, 0.29) is 11.5 Å². The molecule has 1 aromatic rings. The van der Waals surface area contributed by atoms with Gasteiger partial charge in [-0.25, -0.2) is 4.79 Å². The lowest BCUT2D eigenvalue weighted by Gasteiger charge is -2.29. The summed E-state index contributed by atoms with van der Waals surface area (Å²) < 4.78 is 0. The van der Waals surface area contributed by atoms with Crippen LogP contribution in [-0.4, -0.2) is 46.0 Å². The van der Waals surface area contributed by atoms with Gasteiger partial charge in [0, 0.05) is 19.3 Å². The van der Waals surface area contributed by atoms with Gasteiger partial charge in [0.25, 0.3) is 0 Å². The zero-order valence-electron chi connectivity index (χ0n) is 11.5. The molecule has 2 rings (SSSR count). The summed E-state index contributed by atoms with van der Waals surface area (Å²) in [4.78, 5) is 29.1. The number of piperidine rings is 1. The maximum Gasteiger partial charge on any atom is 0.337 e. The first-order valence-electron chi connectivity index (χ1n) is 6.82. The van der Waals surface area contributed by atoms with Gasteiger partial charge in [0.1, 0.15) is 6.04 Å². The number of anilines is 1. The van der Waals surface area contributed by atoms with Crippen molar-refractivity contribution in [3.63, 3.8) is 0 Å². The van der Waals surface area contributed by atoms with Gasteiger partial charge in [-0.1, -0.05) is 0 Å². The number of aromatic carboxylic acids is 1. The molecule has 6 nitrogen and oxygen atoms in total. The minimum absolute atomic E-state index is 0.00453. The number of aromatic nitrogens is 1. The molecule has 1 aliphatic rings. The fourth-order valence-corrected chi connectivity index (χ4v) is 2.38. The second-order valence-electron chi connectivity index (χ2n) is 4.98. The van der Waals surface area contributed by atoms with E-state index >= 15 is 0 Å². The molecule has 1 unspecified atom stereocenters. The van der Waals surface area contributed by atoms with Gasteiger partial charge >= 0.3 is 5.97 Å². The Labute approximate surface area is 117 Å². The zero-order chi connectivity index (χ0) is 14.5. The van der Waals surface area contributed by atoms with Crippen LogP contribution < -0.4 is 5.32 Å². The van der Waals surface area contributed by atoms with E-state index in [0.29, 0.717) is 5.69 Å². The molecule has 6 heteroatoms. The topological polar surface area (TPSA) is 82.5 Å². The van der Waals surface area contributed by atoms with E-state index < -0.39 is 12.0 Å². The van der Waals surface area contributed by atoms with Gasteiger partial charge in [-0.2, -0.15) is 0 Å². The summed E-state index contributed by atoms with van der Waals surface area (Å²) in [5.41, 5.74) is 0.496. The smallest absolute Gasteiger partial charge is 0.337 e. The van der Waals surface area contributed by atoms with Crippen molar-refractivity contribution in [1.29, 1.82) is 0 Å². The molecule has 1 aromatic heterocycles. The number of nitrogens with one attached hydrogen (secondary N) is 1. The average Bonchev–Trinajstić information content (AvgIpc) is 2.47. The molecule has 108 valence electrons. The Hall–Kier alpha value is -2.11. The van der Waals surface area contributed by atoms with Crippen LogP contribution in [-0.2, 0) is 4.79 Å². The molecule has 0 aromatic carbocycles. The summed E-state index contributed by atoms with van der Waals surface area (Å²) >= 11 is 0. The van der Waals surface area contributed by atoms with Crippen molar-refractivity contribution in [3.8, 4) is 0 Å². The van der Waals surface area contributed by atoms with Gasteiger partial charge in [-0.05, 0) is 32.3 Å². The Morgan fingerprint density at radius 2 is 2.05 bits per heavy atom. The van der Waals surface area contributed by atoms with Crippen LogP contribution in [0.25, 0.3) is 0 Å². The first kappa shape index (κ1) is 14.3. The van der Waals surface area contributed by atoms with Crippen LogP contribution >= 0.6 is 0 Å². The predicted octanol–water partition coefficient (Wildman–Crippen LogP) is 1.59. The van der Waals surface area contributed by atoms with Crippen molar-refractivity contribution in [2.24, 2.45) is 0 Å². The number of carboxylic acids is 1. The van der Waals surface area contributed by atoms with Crippen LogP contribution in [0.15, 0.2) is 18.5 Å². The summed E-state index contributed by atoms with van der Waals surface area (Å²) in [5.74, 6) is -1.03. The molecule has 2 N–H and O–H groups in total. The Kier molecular flexibility index (Phi) is 4.55. The number of carboxylic acid groups (broad SMARTS) is 1. The Bertz CT molecular complexity index is 498. The van der Waals surface area contributed by atoms with Crippen molar-refractivity contribution in [3.05, 3.63) is 24.0 Å². The maximum absolute atomic E-state index is 12.3. The highest BCUT2D eigenvalue weighted by Gasteiger charge is 2.23. The number of carbonyl (C=O) groups is 2. The first-order valence-corrected chi connectivity index (χ1v) is 6.82. The Balaban J connectivity index is 2.05. The lowest BCUT2D eigenvalue weighted by Crippen LogP contribution is -2.44. The second-order valence-corrected chi connectivity index (χ2v) is 4.98. The fraction of sp³-hybridized carbons (Fsp3) is 0.500. The Morgan fingerprint density at radius 3 is 2.70 bits per heavy atom. The highest BCUT2D eigenvalue weighted by atomic mass is 16.4. The molecule has 0 radical (unpaired) electrons. The van der Waals surface area contributed by atoms with E-state index in [0.717, 1.165) is 32.4 Å². The van der Waals surface area contributed by atoms with Crippen molar-refractivity contribution in [1.82, 2.24) is 9.88 Å². The molecular weight excluding hydrogens is 258 g/mol. The Morgan fingerprint density at radius 1 is 1.35 bits per heavy atom. The van der Waals surface area contributed by atoms with Crippen LogP contribution in [0.1, 0.15) is 36.5 Å². The number of carbonyl (C=O) groups excluding carboxylic acids is 1. The molecule has 0 spiro atoms. The molecule has 20 heavy (non-hydrogen) atoms. The minimum atomic E-state index is -1.03. The molecule has 0 aliphatic carbocycles. The fourth-order valence-electron chi connectivity index (χ4n) is 2.38. The van der Waals surface area contributed by atoms with Crippen molar-refractivity contribution in [2.45, 2.75) is 32.2 Å². The van der Waals surface area contributed by atoms with E-state index in [1.165, 1.54) is 18.5 Å². The van der Waals surface area contributed by atoms with Gasteiger partial charge in [0.2, 0.25) is 5.91 Å². The third kappa shape index (κ3) is 3.26. The van der Waals surface area contributed by atoms with E-state index in [2.05, 4.69) is 10.3 Å². The largest absolute Gasteiger partial charge is 0.478 e. The normalized spacial score (nSPS) is 16.6. The molecule has 1 atom stereocenters. The minimum Gasteiger partial charge on any atom is -0.478 e. The molecule has 1 saturated heterocycles. The van der Waals surface area contributed by atoms with E-state index in [9.17, 15) is 9.59 Å². The van der Waals surface area contributed by atoms with Crippen molar-refractivity contribution < 1.29 is 14.7 Å². The van der Waals surface area contributed by atoms with E-state index in [4.69, 9.17) is 5.11 Å². The monoisotopic (exact) mass is 277 g/mol. The van der Waals surface area contributed by atoms with E-state index in [1.54, 1.807) is 6.92 Å². The first-order chi connectivity index (χ1) is 9.59. The van der Waals surface area contributed by atoms with Crippen LogP contribution in [0.4, 0.5) is 5.69 Å². The summed E-state index contributed by atoms with van der Waals surface area (Å²) in [5, 5.41) is 12.1. The molecule has 0 saturated carbocycles. The molecule has 1 amide bonds. The number of likely N-dealkylation sites (tertiary alicyclic amines) is 1. The molecular formula is C14H19N3O3. The molecule has 0 bridgehead atoms. The number of pyridine rings is 1. The van der Waals surface area contributed by atoms with E-state index in [1.807, 2.05) is 4.90 Å². The van der Waals surface area contributed by atoms with Gasteiger partial charge < -0.3 is 15.3 Å². The van der Waals surface area contributed by atoms with Gasteiger partial charge in [-0.3, -0.25) is 9.78 Å². The predicted molar refractivity (Wildman–Crippen MR) is 74.7 cm³/mol. The third-order valence-electron chi connectivity index (χ3n) is 3.46. The van der Waals surface area contributed by atoms with Crippen LogP contribution in [0.5, 0.6) is 0 Å². The number of hydrogen-bond acceptors (Lipinski definition) is 4. The number of nitrogens with zero attached hydrogens (tertiary/aromatic N) is 2. The zero-order valence-corrected chi connectivity index (χ0v) is 11.5. The molecule has 2 heterocycles. The molecule has 1 aliphatic heterocycles. The summed E-state index contributed by atoms with van der Waals surface area (Å²) in [7, 11) is 0. The molecule has 1 fully saturated rings. The highest BCUT2D eigenvalue weighted by molar-refractivity contribution is 5.95. The van der Waals surface area contributed by atoms with Crippen LogP contribution in [0.2, 0.25) is 0 Å². The summed E-state index contributed by atoms with van der Waals surface area (Å²) in [6.45, 7) is 3.31. The quantitative estimate of drug-likeness (QED) is 0.873. The number of amides is 1. The number of hydrogen-bond donors (Lipinski definition) is 2. The van der Waals surface area contributed by atoms with Gasteiger partial charge in [0.15, 0.2) is 0 Å². The van der Waals surface area contributed by atoms with Crippen LogP contribution in [0.3, 0.4) is 0 Å². The maximum atomic E-state index is 12.3.